The van der Waals surface area contributed by atoms with Gasteiger partial charge in [0.05, 0.1) is 18.1 Å². The van der Waals surface area contributed by atoms with Gasteiger partial charge in [0.1, 0.15) is 12.4 Å². The van der Waals surface area contributed by atoms with Gasteiger partial charge in [0, 0.05) is 6.42 Å². The van der Waals surface area contributed by atoms with Crippen LogP contribution in [0.5, 0.6) is 5.75 Å². The molecular formula is C15H20O4. The van der Waals surface area contributed by atoms with Crippen LogP contribution >= 0.6 is 0 Å². The number of methoxy groups -OCH3 is 1. The molecule has 0 heterocycles. The van der Waals surface area contributed by atoms with E-state index in [2.05, 4.69) is 0 Å². The minimum Gasteiger partial charge on any atom is -0.492 e. The van der Waals surface area contributed by atoms with E-state index in [1.54, 1.807) is 45.0 Å². The zero-order valence-electron chi connectivity index (χ0n) is 11.9. The molecule has 19 heavy (non-hydrogen) atoms. The van der Waals surface area contributed by atoms with E-state index in [-0.39, 0.29) is 18.4 Å². The van der Waals surface area contributed by atoms with E-state index in [0.29, 0.717) is 17.7 Å². The number of ether oxygens (including phenoxy) is 2. The first-order chi connectivity index (χ1) is 8.92. The molecule has 0 fully saturated rings. The van der Waals surface area contributed by atoms with Gasteiger partial charge in [-0.3, -0.25) is 9.59 Å². The van der Waals surface area contributed by atoms with Gasteiger partial charge < -0.3 is 9.47 Å². The van der Waals surface area contributed by atoms with Gasteiger partial charge in [-0.1, -0.05) is 19.1 Å². The van der Waals surface area contributed by atoms with Crippen LogP contribution in [0.4, 0.5) is 0 Å². The first-order valence-electron chi connectivity index (χ1n) is 6.25. The maximum Gasteiger partial charge on any atom is 0.314 e. The topological polar surface area (TPSA) is 52.6 Å². The van der Waals surface area contributed by atoms with Gasteiger partial charge in [0.2, 0.25) is 0 Å². The molecule has 0 aliphatic carbocycles. The number of hydrogen-bond acceptors (Lipinski definition) is 4. The van der Waals surface area contributed by atoms with E-state index < -0.39 is 5.41 Å². The zero-order valence-corrected chi connectivity index (χ0v) is 11.9. The molecule has 0 saturated carbocycles. The van der Waals surface area contributed by atoms with Gasteiger partial charge in [0.25, 0.3) is 0 Å². The zero-order chi connectivity index (χ0) is 14.5. The molecule has 1 aromatic rings. The average molecular weight is 264 g/mol. The Morgan fingerprint density at radius 3 is 2.42 bits per heavy atom. The Labute approximate surface area is 113 Å². The summed E-state index contributed by atoms with van der Waals surface area (Å²) in [6, 6.07) is 7.05. The van der Waals surface area contributed by atoms with Crippen molar-refractivity contribution in [1.29, 1.82) is 0 Å². The number of benzene rings is 1. The molecule has 0 spiro atoms. The smallest absolute Gasteiger partial charge is 0.314 e. The van der Waals surface area contributed by atoms with Crippen LogP contribution in [0.3, 0.4) is 0 Å². The highest BCUT2D eigenvalue weighted by atomic mass is 16.5. The van der Waals surface area contributed by atoms with Crippen molar-refractivity contribution in [3.8, 4) is 5.75 Å². The molecule has 0 aromatic heterocycles. The quantitative estimate of drug-likeness (QED) is 0.585. The predicted molar refractivity (Wildman–Crippen MR) is 72.4 cm³/mol. The monoisotopic (exact) mass is 264 g/mol. The Morgan fingerprint density at radius 2 is 1.84 bits per heavy atom. The van der Waals surface area contributed by atoms with Crippen LogP contribution in [0.2, 0.25) is 0 Å². The van der Waals surface area contributed by atoms with E-state index in [1.165, 1.54) is 7.11 Å². The van der Waals surface area contributed by atoms with E-state index in [9.17, 15) is 9.59 Å². The van der Waals surface area contributed by atoms with Crippen molar-refractivity contribution in [1.82, 2.24) is 0 Å². The number of carbonyl (C=O) groups excluding carboxylic acids is 2. The van der Waals surface area contributed by atoms with Crippen LogP contribution in [-0.2, 0) is 9.53 Å². The lowest BCUT2D eigenvalue weighted by Gasteiger charge is -2.22. The lowest BCUT2D eigenvalue weighted by Crippen LogP contribution is -2.32. The molecule has 0 amide bonds. The maximum absolute atomic E-state index is 11.8. The Morgan fingerprint density at radius 1 is 1.21 bits per heavy atom. The fourth-order valence-electron chi connectivity index (χ4n) is 1.61. The normalized spacial score (nSPS) is 10.9. The van der Waals surface area contributed by atoms with Crippen molar-refractivity contribution in [2.75, 3.05) is 13.7 Å². The van der Waals surface area contributed by atoms with Crippen LogP contribution < -0.4 is 4.74 Å². The fraction of sp³-hybridized carbons (Fsp3) is 0.467. The van der Waals surface area contributed by atoms with Crippen LogP contribution in [0.15, 0.2) is 24.3 Å². The number of esters is 1. The molecule has 0 radical (unpaired) electrons. The molecule has 1 aromatic carbocycles. The summed E-state index contributed by atoms with van der Waals surface area (Å²) in [5.41, 5.74) is -0.206. The SMILES string of the molecule is CCC(=O)c1ccccc1OCC(C)(C)C(=O)OC. The Kier molecular flexibility index (Phi) is 5.10. The molecule has 0 atom stereocenters. The van der Waals surface area contributed by atoms with Gasteiger partial charge >= 0.3 is 5.97 Å². The summed E-state index contributed by atoms with van der Waals surface area (Å²) in [4.78, 5) is 23.3. The second-order valence-electron chi connectivity index (χ2n) is 4.94. The highest BCUT2D eigenvalue weighted by Gasteiger charge is 2.30. The highest BCUT2D eigenvalue weighted by Crippen LogP contribution is 2.24. The van der Waals surface area contributed by atoms with Gasteiger partial charge in [0.15, 0.2) is 5.78 Å². The minimum atomic E-state index is -0.753. The second-order valence-corrected chi connectivity index (χ2v) is 4.94. The van der Waals surface area contributed by atoms with E-state index >= 15 is 0 Å². The van der Waals surface area contributed by atoms with Crippen LogP contribution in [0.25, 0.3) is 0 Å². The molecule has 0 N–H and O–H groups in total. The Hall–Kier alpha value is -1.84. The summed E-state index contributed by atoms with van der Waals surface area (Å²) in [6.45, 7) is 5.44. The summed E-state index contributed by atoms with van der Waals surface area (Å²) in [6.07, 6.45) is 0.417. The van der Waals surface area contributed by atoms with Gasteiger partial charge in [-0.25, -0.2) is 0 Å². The van der Waals surface area contributed by atoms with Crippen molar-refractivity contribution in [3.63, 3.8) is 0 Å². The van der Waals surface area contributed by atoms with Crippen molar-refractivity contribution >= 4 is 11.8 Å². The number of hydrogen-bond donors (Lipinski definition) is 0. The van der Waals surface area contributed by atoms with E-state index in [1.807, 2.05) is 0 Å². The van der Waals surface area contributed by atoms with Crippen LogP contribution in [0, 0.1) is 5.41 Å². The molecule has 0 saturated heterocycles. The first-order valence-corrected chi connectivity index (χ1v) is 6.25. The number of para-hydroxylation sites is 1. The molecule has 0 aliphatic rings. The maximum atomic E-state index is 11.8. The molecule has 4 nitrogen and oxygen atoms in total. The molecule has 0 bridgehead atoms. The Bertz CT molecular complexity index is 463. The van der Waals surface area contributed by atoms with Gasteiger partial charge in [-0.15, -0.1) is 0 Å². The highest BCUT2D eigenvalue weighted by molar-refractivity contribution is 5.98. The summed E-state index contributed by atoms with van der Waals surface area (Å²) in [7, 11) is 1.35. The molecule has 1 rings (SSSR count). The first kappa shape index (κ1) is 15.2. The molecule has 0 aliphatic heterocycles. The lowest BCUT2D eigenvalue weighted by molar-refractivity contribution is -0.152. The molecule has 4 heteroatoms. The number of carbonyl (C=O) groups is 2. The Balaban J connectivity index is 2.84. The van der Waals surface area contributed by atoms with Crippen molar-refractivity contribution < 1.29 is 19.1 Å². The van der Waals surface area contributed by atoms with Crippen molar-refractivity contribution in [2.24, 2.45) is 5.41 Å². The minimum absolute atomic E-state index is 0.0199. The average Bonchev–Trinajstić information content (AvgIpc) is 2.43. The van der Waals surface area contributed by atoms with Crippen molar-refractivity contribution in [2.45, 2.75) is 27.2 Å². The molecule has 104 valence electrons. The van der Waals surface area contributed by atoms with Crippen LogP contribution in [-0.4, -0.2) is 25.5 Å². The summed E-state index contributed by atoms with van der Waals surface area (Å²) >= 11 is 0. The summed E-state index contributed by atoms with van der Waals surface area (Å²) in [5.74, 6) is 0.185. The van der Waals surface area contributed by atoms with Crippen molar-refractivity contribution in [3.05, 3.63) is 29.8 Å². The number of rotatable bonds is 6. The van der Waals surface area contributed by atoms with E-state index in [4.69, 9.17) is 9.47 Å². The molecular weight excluding hydrogens is 244 g/mol. The third-order valence-corrected chi connectivity index (χ3v) is 2.84. The largest absolute Gasteiger partial charge is 0.492 e. The summed E-state index contributed by atoms with van der Waals surface area (Å²) < 4.78 is 10.3. The third-order valence-electron chi connectivity index (χ3n) is 2.84. The predicted octanol–water partition coefficient (Wildman–Crippen LogP) is 2.86. The lowest BCUT2D eigenvalue weighted by atomic mass is 9.95. The fourth-order valence-corrected chi connectivity index (χ4v) is 1.61. The van der Waals surface area contributed by atoms with Gasteiger partial charge in [-0.2, -0.15) is 0 Å². The second kappa shape index (κ2) is 6.36. The van der Waals surface area contributed by atoms with Crippen LogP contribution in [0.1, 0.15) is 37.6 Å². The van der Waals surface area contributed by atoms with E-state index in [0.717, 1.165) is 0 Å². The van der Waals surface area contributed by atoms with Gasteiger partial charge in [-0.05, 0) is 26.0 Å². The molecule has 0 unspecified atom stereocenters. The number of Topliss-reactive ketones (excluding diaryl/α,β-unsaturated/α-hetero) is 1. The summed E-state index contributed by atoms with van der Waals surface area (Å²) in [5, 5.41) is 0. The third kappa shape index (κ3) is 3.81. The standard InChI is InChI=1S/C15H20O4/c1-5-12(16)11-8-6-7-9-13(11)19-10-15(2,3)14(17)18-4/h6-9H,5,10H2,1-4H3. The number of ketones is 1.